The van der Waals surface area contributed by atoms with Crippen LogP contribution < -0.4 is 10.6 Å². The Morgan fingerprint density at radius 3 is 2.90 bits per heavy atom. The molecule has 0 amide bonds. The van der Waals surface area contributed by atoms with E-state index in [9.17, 15) is 0 Å². The molecule has 2 N–H and O–H groups in total. The van der Waals surface area contributed by atoms with Crippen LogP contribution in [0.2, 0.25) is 0 Å². The van der Waals surface area contributed by atoms with E-state index in [0.29, 0.717) is 6.04 Å². The van der Waals surface area contributed by atoms with E-state index in [1.165, 1.54) is 50.8 Å². The molecule has 2 aliphatic rings. The van der Waals surface area contributed by atoms with Crippen LogP contribution in [0.4, 0.5) is 0 Å². The summed E-state index contributed by atoms with van der Waals surface area (Å²) in [7, 11) is 0. The van der Waals surface area contributed by atoms with Gasteiger partial charge in [-0.3, -0.25) is 4.98 Å². The van der Waals surface area contributed by atoms with E-state index >= 15 is 0 Å². The Morgan fingerprint density at radius 2 is 2.10 bits per heavy atom. The molecule has 3 heteroatoms. The smallest absolute Gasteiger partial charge is 0.0544 e. The molecule has 2 heterocycles. The Morgan fingerprint density at radius 1 is 1.20 bits per heavy atom. The van der Waals surface area contributed by atoms with Crippen molar-refractivity contribution in [3.8, 4) is 0 Å². The summed E-state index contributed by atoms with van der Waals surface area (Å²) in [5, 5.41) is 7.50. The van der Waals surface area contributed by atoms with Crippen LogP contribution in [0.3, 0.4) is 0 Å². The summed E-state index contributed by atoms with van der Waals surface area (Å²) in [6, 6.07) is 7.72. The second-order valence-corrected chi connectivity index (χ2v) is 6.41. The maximum absolute atomic E-state index is 4.60. The maximum atomic E-state index is 4.60. The van der Waals surface area contributed by atoms with Crippen LogP contribution >= 0.6 is 0 Å². The monoisotopic (exact) mass is 273 g/mol. The highest BCUT2D eigenvalue weighted by molar-refractivity contribution is 5.10. The van der Waals surface area contributed by atoms with Gasteiger partial charge in [0.25, 0.3) is 0 Å². The zero-order valence-electron chi connectivity index (χ0n) is 12.6. The maximum Gasteiger partial charge on any atom is 0.0544 e. The third-order valence-corrected chi connectivity index (χ3v) is 4.93. The van der Waals surface area contributed by atoms with E-state index in [1.807, 2.05) is 0 Å². The van der Waals surface area contributed by atoms with Crippen LogP contribution in [0.15, 0.2) is 18.2 Å². The summed E-state index contributed by atoms with van der Waals surface area (Å²) in [5.74, 6) is 0.816. The van der Waals surface area contributed by atoms with E-state index in [1.54, 1.807) is 0 Å². The molecule has 20 heavy (non-hydrogen) atoms. The summed E-state index contributed by atoms with van der Waals surface area (Å²) < 4.78 is 0. The van der Waals surface area contributed by atoms with Gasteiger partial charge in [0.1, 0.15) is 0 Å². The molecule has 0 radical (unpaired) electrons. The molecule has 1 aliphatic carbocycles. The lowest BCUT2D eigenvalue weighted by atomic mass is 9.79. The van der Waals surface area contributed by atoms with Crippen molar-refractivity contribution < 1.29 is 0 Å². The van der Waals surface area contributed by atoms with Crippen molar-refractivity contribution in [2.75, 3.05) is 6.54 Å². The van der Waals surface area contributed by atoms with Gasteiger partial charge < -0.3 is 10.6 Å². The van der Waals surface area contributed by atoms with Crippen LogP contribution in [0, 0.1) is 12.8 Å². The minimum absolute atomic E-state index is 0.668. The topological polar surface area (TPSA) is 37.0 Å². The fourth-order valence-electron chi connectivity index (χ4n) is 3.91. The second kappa shape index (κ2) is 6.68. The van der Waals surface area contributed by atoms with Gasteiger partial charge in [-0.2, -0.15) is 0 Å². The molecule has 2 fully saturated rings. The quantitative estimate of drug-likeness (QED) is 0.886. The van der Waals surface area contributed by atoms with Crippen LogP contribution in [0.5, 0.6) is 0 Å². The fraction of sp³-hybridized carbons (Fsp3) is 0.706. The molecule has 1 aromatic rings. The average molecular weight is 273 g/mol. The van der Waals surface area contributed by atoms with Gasteiger partial charge in [0, 0.05) is 24.3 Å². The number of aryl methyl sites for hydroxylation is 1. The summed E-state index contributed by atoms with van der Waals surface area (Å²) in [5.41, 5.74) is 2.29. The van der Waals surface area contributed by atoms with Gasteiger partial charge in [-0.15, -0.1) is 0 Å². The highest BCUT2D eigenvalue weighted by Gasteiger charge is 2.32. The molecule has 0 spiro atoms. The van der Waals surface area contributed by atoms with Gasteiger partial charge in [0.15, 0.2) is 0 Å². The van der Waals surface area contributed by atoms with Gasteiger partial charge in [0.05, 0.1) is 5.69 Å². The largest absolute Gasteiger partial charge is 0.314 e. The predicted molar refractivity (Wildman–Crippen MR) is 82.6 cm³/mol. The molecule has 1 aliphatic heterocycles. The number of aromatic nitrogens is 1. The van der Waals surface area contributed by atoms with Crippen LogP contribution in [0.1, 0.15) is 49.9 Å². The first kappa shape index (κ1) is 14.0. The van der Waals surface area contributed by atoms with Crippen LogP contribution in [-0.2, 0) is 6.54 Å². The van der Waals surface area contributed by atoms with E-state index in [4.69, 9.17) is 0 Å². The first-order valence-corrected chi connectivity index (χ1v) is 8.22. The zero-order valence-corrected chi connectivity index (χ0v) is 12.6. The summed E-state index contributed by atoms with van der Waals surface area (Å²) in [4.78, 5) is 4.60. The van der Waals surface area contributed by atoms with Gasteiger partial charge in [-0.1, -0.05) is 18.9 Å². The third-order valence-electron chi connectivity index (χ3n) is 4.93. The van der Waals surface area contributed by atoms with Crippen molar-refractivity contribution in [3.05, 3.63) is 29.6 Å². The Bertz CT molecular complexity index is 426. The van der Waals surface area contributed by atoms with Gasteiger partial charge >= 0.3 is 0 Å². The lowest BCUT2D eigenvalue weighted by Gasteiger charge is -2.36. The minimum atomic E-state index is 0.668. The lowest BCUT2D eigenvalue weighted by molar-refractivity contribution is 0.213. The summed E-state index contributed by atoms with van der Waals surface area (Å²) >= 11 is 0. The van der Waals surface area contributed by atoms with Crippen molar-refractivity contribution in [1.82, 2.24) is 15.6 Å². The highest BCUT2D eigenvalue weighted by Crippen LogP contribution is 2.30. The first-order valence-electron chi connectivity index (χ1n) is 8.22. The Hall–Kier alpha value is -0.930. The molecule has 3 rings (SSSR count). The number of pyridine rings is 1. The zero-order chi connectivity index (χ0) is 13.8. The average Bonchev–Trinajstić information content (AvgIpc) is 3.00. The van der Waals surface area contributed by atoms with Gasteiger partial charge in [-0.25, -0.2) is 0 Å². The Labute approximate surface area is 122 Å². The molecule has 1 saturated heterocycles. The number of hydrogen-bond acceptors (Lipinski definition) is 3. The van der Waals surface area contributed by atoms with Crippen molar-refractivity contribution in [1.29, 1.82) is 0 Å². The summed E-state index contributed by atoms with van der Waals surface area (Å²) in [6.45, 7) is 4.19. The third kappa shape index (κ3) is 3.39. The normalized spacial score (nSPS) is 30.6. The molecule has 3 unspecified atom stereocenters. The van der Waals surface area contributed by atoms with Crippen molar-refractivity contribution in [2.45, 2.75) is 64.1 Å². The van der Waals surface area contributed by atoms with Crippen molar-refractivity contribution in [3.63, 3.8) is 0 Å². The van der Waals surface area contributed by atoms with E-state index in [2.05, 4.69) is 40.7 Å². The standard InChI is InChI=1S/C17H27N3/c1-13-6-4-7-14(20-13)12-19-17-9-3-2-8-15(17)16-10-5-11-18-16/h4,6-7,15-19H,2-3,5,8-12H2,1H3. The number of nitrogens with zero attached hydrogens (tertiary/aromatic N) is 1. The Kier molecular flexibility index (Phi) is 4.69. The molecule has 3 atom stereocenters. The fourth-order valence-corrected chi connectivity index (χ4v) is 3.91. The highest BCUT2D eigenvalue weighted by atomic mass is 15.0. The van der Waals surface area contributed by atoms with Crippen LogP contribution in [-0.4, -0.2) is 23.6 Å². The molecular formula is C17H27N3. The molecule has 110 valence electrons. The van der Waals surface area contributed by atoms with E-state index in [-0.39, 0.29) is 0 Å². The van der Waals surface area contributed by atoms with E-state index in [0.717, 1.165) is 24.2 Å². The number of rotatable bonds is 4. The SMILES string of the molecule is Cc1cccc(CNC2CCCCC2C2CCCN2)n1. The molecule has 1 aromatic heterocycles. The molecule has 0 bridgehead atoms. The van der Waals surface area contributed by atoms with Crippen molar-refractivity contribution >= 4 is 0 Å². The molecular weight excluding hydrogens is 246 g/mol. The first-order chi connectivity index (χ1) is 9.83. The van der Waals surface area contributed by atoms with Crippen LogP contribution in [0.25, 0.3) is 0 Å². The number of nitrogens with one attached hydrogen (secondary N) is 2. The summed E-state index contributed by atoms with van der Waals surface area (Å²) in [6.07, 6.45) is 8.22. The lowest BCUT2D eigenvalue weighted by Crippen LogP contribution is -2.46. The number of hydrogen-bond donors (Lipinski definition) is 2. The minimum Gasteiger partial charge on any atom is -0.314 e. The predicted octanol–water partition coefficient (Wildman–Crippen LogP) is 2.79. The molecule has 0 aromatic carbocycles. The molecule has 3 nitrogen and oxygen atoms in total. The van der Waals surface area contributed by atoms with Gasteiger partial charge in [0.2, 0.25) is 0 Å². The van der Waals surface area contributed by atoms with E-state index < -0.39 is 0 Å². The van der Waals surface area contributed by atoms with Crippen molar-refractivity contribution in [2.24, 2.45) is 5.92 Å². The Balaban J connectivity index is 1.59. The van der Waals surface area contributed by atoms with Gasteiger partial charge in [-0.05, 0) is 57.2 Å². The molecule has 1 saturated carbocycles. The second-order valence-electron chi connectivity index (χ2n) is 6.41.